The number of nitrogens with zero attached hydrogens (tertiary/aromatic N) is 2. The van der Waals surface area contributed by atoms with Crippen LogP contribution < -0.4 is 10.6 Å². The van der Waals surface area contributed by atoms with Crippen molar-refractivity contribution in [2.24, 2.45) is 0 Å². The van der Waals surface area contributed by atoms with Crippen LogP contribution in [0.15, 0.2) is 36.4 Å². The number of carbonyl (C=O) groups is 1. The molecule has 1 unspecified atom stereocenters. The number of carbonyl (C=O) groups excluding carboxylic acids is 1. The van der Waals surface area contributed by atoms with Gasteiger partial charge in [0, 0.05) is 11.7 Å². The Balaban J connectivity index is 2.02. The highest BCUT2D eigenvalue weighted by molar-refractivity contribution is 5.92. The lowest BCUT2D eigenvalue weighted by atomic mass is 10.2. The highest BCUT2D eigenvalue weighted by Crippen LogP contribution is 2.30. The van der Waals surface area contributed by atoms with Crippen molar-refractivity contribution in [3.63, 3.8) is 0 Å². The predicted octanol–water partition coefficient (Wildman–Crippen LogP) is 3.77. The summed E-state index contributed by atoms with van der Waals surface area (Å²) < 4.78 is 37.5. The van der Waals surface area contributed by atoms with Crippen molar-refractivity contribution >= 4 is 17.4 Å². The van der Waals surface area contributed by atoms with Gasteiger partial charge in [0.15, 0.2) is 11.5 Å². The fourth-order valence-corrected chi connectivity index (χ4v) is 1.81. The minimum Gasteiger partial charge on any atom is -0.348 e. The first-order valence-electron chi connectivity index (χ1n) is 7.38. The van der Waals surface area contributed by atoms with Gasteiger partial charge in [0.05, 0.1) is 5.56 Å². The first kappa shape index (κ1) is 17.7. The Bertz CT molecular complexity index is 684. The van der Waals surface area contributed by atoms with Crippen molar-refractivity contribution in [3.8, 4) is 0 Å². The number of halogens is 3. The largest absolute Gasteiger partial charge is 0.416 e. The molecule has 0 spiro atoms. The lowest BCUT2D eigenvalue weighted by Crippen LogP contribution is -2.32. The van der Waals surface area contributed by atoms with Crippen LogP contribution in [-0.4, -0.2) is 22.1 Å². The minimum atomic E-state index is -4.37. The summed E-state index contributed by atoms with van der Waals surface area (Å²) in [6.45, 7) is 3.83. The molecule has 0 aliphatic rings. The van der Waals surface area contributed by atoms with Gasteiger partial charge in [-0.2, -0.15) is 13.2 Å². The van der Waals surface area contributed by atoms with Crippen molar-refractivity contribution in [1.29, 1.82) is 0 Å². The molecule has 1 aromatic carbocycles. The Morgan fingerprint density at radius 1 is 1.12 bits per heavy atom. The summed E-state index contributed by atoms with van der Waals surface area (Å²) in [7, 11) is 0. The molecule has 0 radical (unpaired) electrons. The maximum absolute atomic E-state index is 12.5. The van der Waals surface area contributed by atoms with Gasteiger partial charge >= 0.3 is 6.18 Å². The van der Waals surface area contributed by atoms with Crippen molar-refractivity contribution in [1.82, 2.24) is 15.5 Å². The molecule has 1 amide bonds. The SMILES string of the molecule is CCC(C)NC(=O)c1ccc(Nc2ccc(C(F)(F)F)cc2)nn1. The first-order chi connectivity index (χ1) is 11.3. The average Bonchev–Trinajstić information content (AvgIpc) is 2.55. The molecule has 0 bridgehead atoms. The van der Waals surface area contributed by atoms with Crippen molar-refractivity contribution in [2.45, 2.75) is 32.5 Å². The van der Waals surface area contributed by atoms with Gasteiger partial charge in [0.25, 0.3) is 5.91 Å². The lowest BCUT2D eigenvalue weighted by molar-refractivity contribution is -0.137. The molecular weight excluding hydrogens is 321 g/mol. The van der Waals surface area contributed by atoms with Crippen LogP contribution in [-0.2, 0) is 6.18 Å². The zero-order chi connectivity index (χ0) is 17.7. The Morgan fingerprint density at radius 3 is 2.29 bits per heavy atom. The third kappa shape index (κ3) is 4.68. The van der Waals surface area contributed by atoms with Gasteiger partial charge in [-0.1, -0.05) is 6.92 Å². The van der Waals surface area contributed by atoms with E-state index >= 15 is 0 Å². The van der Waals surface area contributed by atoms with Crippen LogP contribution >= 0.6 is 0 Å². The molecule has 0 aliphatic heterocycles. The van der Waals surface area contributed by atoms with E-state index < -0.39 is 11.7 Å². The van der Waals surface area contributed by atoms with Crippen LogP contribution in [0.1, 0.15) is 36.3 Å². The van der Waals surface area contributed by atoms with Crippen LogP contribution in [0.2, 0.25) is 0 Å². The molecule has 1 heterocycles. The number of hydrogen-bond donors (Lipinski definition) is 2. The molecule has 2 rings (SSSR count). The van der Waals surface area contributed by atoms with E-state index in [4.69, 9.17) is 0 Å². The number of amides is 1. The molecule has 0 fully saturated rings. The second-order valence-corrected chi connectivity index (χ2v) is 5.29. The number of hydrogen-bond acceptors (Lipinski definition) is 4. The van der Waals surface area contributed by atoms with Gasteiger partial charge in [-0.05, 0) is 49.7 Å². The van der Waals surface area contributed by atoms with E-state index in [0.717, 1.165) is 18.6 Å². The highest BCUT2D eigenvalue weighted by atomic mass is 19.4. The van der Waals surface area contributed by atoms with Gasteiger partial charge < -0.3 is 10.6 Å². The summed E-state index contributed by atoms with van der Waals surface area (Å²) in [5.74, 6) is 0.00720. The second-order valence-electron chi connectivity index (χ2n) is 5.29. The fourth-order valence-electron chi connectivity index (χ4n) is 1.81. The number of nitrogens with one attached hydrogen (secondary N) is 2. The summed E-state index contributed by atoms with van der Waals surface area (Å²) >= 11 is 0. The molecule has 1 atom stereocenters. The summed E-state index contributed by atoms with van der Waals surface area (Å²) in [4.78, 5) is 11.9. The molecule has 0 saturated heterocycles. The maximum atomic E-state index is 12.5. The van der Waals surface area contributed by atoms with E-state index in [1.54, 1.807) is 0 Å². The van der Waals surface area contributed by atoms with Crippen LogP contribution in [0.5, 0.6) is 0 Å². The lowest BCUT2D eigenvalue weighted by Gasteiger charge is -2.11. The number of rotatable bonds is 5. The smallest absolute Gasteiger partial charge is 0.348 e. The van der Waals surface area contributed by atoms with Gasteiger partial charge in [-0.25, -0.2) is 0 Å². The normalized spacial score (nSPS) is 12.5. The summed E-state index contributed by atoms with van der Waals surface area (Å²) in [6.07, 6.45) is -3.57. The third-order valence-corrected chi connectivity index (χ3v) is 3.37. The van der Waals surface area contributed by atoms with Gasteiger partial charge in [-0.15, -0.1) is 10.2 Å². The predicted molar refractivity (Wildman–Crippen MR) is 84.0 cm³/mol. The summed E-state index contributed by atoms with van der Waals surface area (Å²) in [5, 5.41) is 13.3. The molecule has 2 N–H and O–H groups in total. The number of anilines is 2. The Morgan fingerprint density at radius 2 is 1.79 bits per heavy atom. The minimum absolute atomic E-state index is 0.0317. The van der Waals surface area contributed by atoms with E-state index in [0.29, 0.717) is 11.5 Å². The molecule has 0 aliphatic carbocycles. The molecule has 24 heavy (non-hydrogen) atoms. The summed E-state index contributed by atoms with van der Waals surface area (Å²) in [5.41, 5.74) is -0.112. The van der Waals surface area contributed by atoms with Crippen LogP contribution in [0.3, 0.4) is 0 Å². The quantitative estimate of drug-likeness (QED) is 0.871. The Hall–Kier alpha value is -2.64. The zero-order valence-electron chi connectivity index (χ0n) is 13.2. The number of aromatic nitrogens is 2. The first-order valence-corrected chi connectivity index (χ1v) is 7.38. The summed E-state index contributed by atoms with van der Waals surface area (Å²) in [6, 6.07) is 7.62. The number of benzene rings is 1. The standard InChI is InChI=1S/C16H17F3N4O/c1-3-10(2)20-15(24)13-8-9-14(23-22-13)21-12-6-4-11(5-7-12)16(17,18)19/h4-10H,3H2,1-2H3,(H,20,24)(H,21,23). The van der Waals surface area contributed by atoms with Crippen LogP contribution in [0.4, 0.5) is 24.7 Å². The average molecular weight is 338 g/mol. The molecule has 2 aromatic rings. The van der Waals surface area contributed by atoms with Crippen molar-refractivity contribution in [3.05, 3.63) is 47.7 Å². The van der Waals surface area contributed by atoms with E-state index in [1.807, 2.05) is 13.8 Å². The van der Waals surface area contributed by atoms with Gasteiger partial charge in [0.2, 0.25) is 0 Å². The molecule has 1 aromatic heterocycles. The van der Waals surface area contributed by atoms with Crippen LogP contribution in [0, 0.1) is 0 Å². The topological polar surface area (TPSA) is 66.9 Å². The molecule has 8 heteroatoms. The molecule has 0 saturated carbocycles. The monoisotopic (exact) mass is 338 g/mol. The number of alkyl halides is 3. The molecule has 128 valence electrons. The fraction of sp³-hybridized carbons (Fsp3) is 0.312. The maximum Gasteiger partial charge on any atom is 0.416 e. The zero-order valence-corrected chi connectivity index (χ0v) is 13.2. The highest BCUT2D eigenvalue weighted by Gasteiger charge is 2.29. The van der Waals surface area contributed by atoms with E-state index in [2.05, 4.69) is 20.8 Å². The van der Waals surface area contributed by atoms with Crippen molar-refractivity contribution < 1.29 is 18.0 Å². The van der Waals surface area contributed by atoms with E-state index in [1.165, 1.54) is 24.3 Å². The Labute approximate surface area is 137 Å². The van der Waals surface area contributed by atoms with Gasteiger partial charge in [-0.3, -0.25) is 4.79 Å². The van der Waals surface area contributed by atoms with Crippen molar-refractivity contribution in [2.75, 3.05) is 5.32 Å². The third-order valence-electron chi connectivity index (χ3n) is 3.37. The second kappa shape index (κ2) is 7.29. The van der Waals surface area contributed by atoms with E-state index in [9.17, 15) is 18.0 Å². The Kier molecular flexibility index (Phi) is 5.38. The van der Waals surface area contributed by atoms with E-state index in [-0.39, 0.29) is 17.6 Å². The van der Waals surface area contributed by atoms with Crippen LogP contribution in [0.25, 0.3) is 0 Å². The van der Waals surface area contributed by atoms with Gasteiger partial charge in [0.1, 0.15) is 0 Å². The molecule has 5 nitrogen and oxygen atoms in total. The molecular formula is C16H17F3N4O.